The number of piperidine rings is 1. The van der Waals surface area contributed by atoms with Crippen molar-refractivity contribution >= 4 is 46.1 Å². The summed E-state index contributed by atoms with van der Waals surface area (Å²) in [5.41, 5.74) is 1.29. The third kappa shape index (κ3) is 4.06. The fourth-order valence-electron chi connectivity index (χ4n) is 4.43. The van der Waals surface area contributed by atoms with E-state index in [1.165, 1.54) is 16.7 Å². The van der Waals surface area contributed by atoms with Crippen LogP contribution in [0.3, 0.4) is 0 Å². The van der Waals surface area contributed by atoms with Gasteiger partial charge in [-0.15, -0.1) is 0 Å². The van der Waals surface area contributed by atoms with Crippen molar-refractivity contribution in [3.05, 3.63) is 31.9 Å². The number of likely N-dealkylation sites (N-methyl/N-ethyl adjacent to an activating group) is 1. The molecule has 30 heavy (non-hydrogen) atoms. The summed E-state index contributed by atoms with van der Waals surface area (Å²) in [6, 6.07) is 2.10. The van der Waals surface area contributed by atoms with Gasteiger partial charge in [-0.25, -0.2) is 0 Å². The van der Waals surface area contributed by atoms with Gasteiger partial charge < -0.3 is 4.90 Å². The lowest BCUT2D eigenvalue weighted by Crippen LogP contribution is -2.43. The van der Waals surface area contributed by atoms with Crippen molar-refractivity contribution in [1.29, 1.82) is 5.26 Å². The van der Waals surface area contributed by atoms with Gasteiger partial charge in [0.2, 0.25) is 0 Å². The van der Waals surface area contributed by atoms with Crippen LogP contribution in [-0.2, 0) is 11.3 Å². The first-order valence-electron chi connectivity index (χ1n) is 10.3. The summed E-state index contributed by atoms with van der Waals surface area (Å²) in [7, 11) is 1.67. The van der Waals surface area contributed by atoms with Crippen LogP contribution in [0.25, 0.3) is 6.08 Å². The van der Waals surface area contributed by atoms with Crippen molar-refractivity contribution < 1.29 is 4.79 Å². The summed E-state index contributed by atoms with van der Waals surface area (Å²) in [4.78, 5) is 30.1. The summed E-state index contributed by atoms with van der Waals surface area (Å²) >= 11 is 6.54. The summed E-state index contributed by atoms with van der Waals surface area (Å²) in [6.45, 7) is 10.5. The Labute approximate surface area is 187 Å². The van der Waals surface area contributed by atoms with Crippen LogP contribution in [-0.4, -0.2) is 39.8 Å². The molecular weight excluding hydrogens is 416 g/mol. The Balaban J connectivity index is 2.30. The number of thioether (sulfide) groups is 1. The molecule has 3 heterocycles. The van der Waals surface area contributed by atoms with E-state index in [9.17, 15) is 14.9 Å². The highest BCUT2D eigenvalue weighted by molar-refractivity contribution is 8.26. The molecule has 0 aliphatic carbocycles. The molecule has 2 aliphatic rings. The Morgan fingerprint density at radius 3 is 2.40 bits per heavy atom. The molecule has 2 atom stereocenters. The van der Waals surface area contributed by atoms with E-state index in [0.29, 0.717) is 33.2 Å². The van der Waals surface area contributed by atoms with Gasteiger partial charge in [-0.05, 0) is 43.2 Å². The first kappa shape index (κ1) is 22.6. The van der Waals surface area contributed by atoms with E-state index in [-0.39, 0.29) is 17.0 Å². The molecule has 2 aliphatic heterocycles. The highest BCUT2D eigenvalue weighted by Gasteiger charge is 2.32. The number of nitrogens with zero attached hydrogens (tertiary/aromatic N) is 4. The number of rotatable bonds is 4. The van der Waals surface area contributed by atoms with Crippen molar-refractivity contribution in [2.24, 2.45) is 11.8 Å². The van der Waals surface area contributed by atoms with E-state index in [1.807, 2.05) is 13.0 Å². The number of hydrogen-bond donors (Lipinski definition) is 0. The second-order valence-corrected chi connectivity index (χ2v) is 10.1. The molecule has 0 aromatic carbocycles. The van der Waals surface area contributed by atoms with Gasteiger partial charge in [-0.3, -0.25) is 19.1 Å². The maximum absolute atomic E-state index is 13.2. The molecule has 2 fully saturated rings. The number of aromatic nitrogens is 1. The molecule has 2 saturated heterocycles. The molecule has 1 aromatic heterocycles. The van der Waals surface area contributed by atoms with E-state index < -0.39 is 0 Å². The van der Waals surface area contributed by atoms with Crippen LogP contribution in [0.5, 0.6) is 0 Å². The molecule has 0 saturated carbocycles. The van der Waals surface area contributed by atoms with Gasteiger partial charge in [0.15, 0.2) is 0 Å². The molecule has 0 bridgehead atoms. The first-order chi connectivity index (χ1) is 14.2. The lowest BCUT2D eigenvalue weighted by atomic mass is 9.91. The van der Waals surface area contributed by atoms with E-state index in [0.717, 1.165) is 37.3 Å². The third-order valence-corrected chi connectivity index (χ3v) is 7.21. The van der Waals surface area contributed by atoms with Gasteiger partial charge in [-0.2, -0.15) is 5.26 Å². The summed E-state index contributed by atoms with van der Waals surface area (Å²) < 4.78 is 2.24. The number of thiocarbonyl (C=S) groups is 1. The van der Waals surface area contributed by atoms with Crippen molar-refractivity contribution in [3.63, 3.8) is 0 Å². The number of amides is 1. The van der Waals surface area contributed by atoms with Crippen LogP contribution >= 0.6 is 24.0 Å². The zero-order valence-corrected chi connectivity index (χ0v) is 19.8. The van der Waals surface area contributed by atoms with Gasteiger partial charge in [-0.1, -0.05) is 44.8 Å². The molecule has 6 nitrogen and oxygen atoms in total. The summed E-state index contributed by atoms with van der Waals surface area (Å²) in [5, 5.41) is 9.70. The van der Waals surface area contributed by atoms with Gasteiger partial charge in [0.25, 0.3) is 11.5 Å². The molecule has 0 N–H and O–H groups in total. The van der Waals surface area contributed by atoms with Crippen LogP contribution in [0, 0.1) is 30.1 Å². The molecule has 160 valence electrons. The Kier molecular flexibility index (Phi) is 6.73. The van der Waals surface area contributed by atoms with E-state index in [2.05, 4.69) is 24.8 Å². The zero-order chi connectivity index (χ0) is 22.2. The predicted octanol–water partition coefficient (Wildman–Crippen LogP) is 3.75. The second kappa shape index (κ2) is 8.94. The number of pyridine rings is 1. The zero-order valence-electron chi connectivity index (χ0n) is 18.2. The molecule has 1 amide bonds. The largest absolute Gasteiger partial charge is 0.357 e. The molecule has 3 rings (SSSR count). The van der Waals surface area contributed by atoms with E-state index in [4.69, 9.17) is 12.2 Å². The maximum Gasteiger partial charge on any atom is 0.270 e. The van der Waals surface area contributed by atoms with Gasteiger partial charge in [0.05, 0.1) is 4.91 Å². The van der Waals surface area contributed by atoms with Crippen molar-refractivity contribution in [3.8, 4) is 6.07 Å². The minimum Gasteiger partial charge on any atom is -0.357 e. The number of carbonyl (C=O) groups excluding carboxylic acids is 1. The number of hydrogen-bond acceptors (Lipinski definition) is 6. The normalized spacial score (nSPS) is 23.4. The van der Waals surface area contributed by atoms with Gasteiger partial charge in [0, 0.05) is 32.2 Å². The number of anilines is 1. The van der Waals surface area contributed by atoms with Gasteiger partial charge >= 0.3 is 0 Å². The Morgan fingerprint density at radius 2 is 1.90 bits per heavy atom. The van der Waals surface area contributed by atoms with Crippen LogP contribution in [0.2, 0.25) is 0 Å². The molecule has 2 unspecified atom stereocenters. The predicted molar refractivity (Wildman–Crippen MR) is 127 cm³/mol. The maximum atomic E-state index is 13.2. The fourth-order valence-corrected chi connectivity index (χ4v) is 5.59. The van der Waals surface area contributed by atoms with Crippen molar-refractivity contribution in [2.75, 3.05) is 25.0 Å². The van der Waals surface area contributed by atoms with Crippen molar-refractivity contribution in [1.82, 2.24) is 9.47 Å². The Bertz CT molecular complexity index is 1010. The third-order valence-electron chi connectivity index (χ3n) is 5.72. The average Bonchev–Trinajstić information content (AvgIpc) is 2.92. The number of nitriles is 1. The summed E-state index contributed by atoms with van der Waals surface area (Å²) in [5.74, 6) is 1.66. The minimum absolute atomic E-state index is 0.142. The van der Waals surface area contributed by atoms with Crippen LogP contribution in [0.1, 0.15) is 50.3 Å². The average molecular weight is 445 g/mol. The van der Waals surface area contributed by atoms with Gasteiger partial charge in [0.1, 0.15) is 21.8 Å². The second-order valence-electron chi connectivity index (χ2n) is 8.40. The fraction of sp³-hybridized carbons (Fsp3) is 0.545. The lowest BCUT2D eigenvalue weighted by molar-refractivity contribution is -0.121. The lowest BCUT2D eigenvalue weighted by Gasteiger charge is -2.39. The van der Waals surface area contributed by atoms with E-state index >= 15 is 0 Å². The van der Waals surface area contributed by atoms with E-state index in [1.54, 1.807) is 18.5 Å². The smallest absolute Gasteiger partial charge is 0.270 e. The van der Waals surface area contributed by atoms with Crippen molar-refractivity contribution in [2.45, 2.75) is 47.1 Å². The SMILES string of the molecule is CCCn1c(N2CC(C)CC(C)C2)c(/C=C2\SC(=S)N(C)C2=O)c(C)c(C#N)c1=O. The summed E-state index contributed by atoms with van der Waals surface area (Å²) in [6.07, 6.45) is 3.74. The topological polar surface area (TPSA) is 69.3 Å². The molecule has 0 radical (unpaired) electrons. The standard InChI is InChI=1S/C22H28N4O2S2/c1-6-7-26-19(25-11-13(2)8-14(3)12-25)16(15(4)17(10-23)20(26)27)9-18-21(28)24(5)22(29)30-18/h9,13-14H,6-8,11-12H2,1-5H3/b18-9-. The minimum atomic E-state index is -0.252. The quantitative estimate of drug-likeness (QED) is 0.520. The highest BCUT2D eigenvalue weighted by atomic mass is 32.2. The first-order valence-corrected chi connectivity index (χ1v) is 11.6. The Morgan fingerprint density at radius 1 is 1.27 bits per heavy atom. The van der Waals surface area contributed by atoms with Crippen LogP contribution in [0.15, 0.2) is 9.70 Å². The molecule has 1 aromatic rings. The molecule has 0 spiro atoms. The van der Waals surface area contributed by atoms with Crippen LogP contribution in [0.4, 0.5) is 5.82 Å². The Hall–Kier alpha value is -2.11. The molecule has 8 heteroatoms. The van der Waals surface area contributed by atoms with Crippen LogP contribution < -0.4 is 10.5 Å². The molecular formula is C22H28N4O2S2. The number of carbonyl (C=O) groups is 1. The monoisotopic (exact) mass is 444 g/mol. The highest BCUT2D eigenvalue weighted by Crippen LogP contribution is 2.36.